The van der Waals surface area contributed by atoms with E-state index in [0.29, 0.717) is 12.5 Å². The van der Waals surface area contributed by atoms with Crippen LogP contribution in [0.15, 0.2) is 36.7 Å². The summed E-state index contributed by atoms with van der Waals surface area (Å²) in [5.41, 5.74) is 1.17. The van der Waals surface area contributed by atoms with Gasteiger partial charge in [-0.25, -0.2) is 9.97 Å². The summed E-state index contributed by atoms with van der Waals surface area (Å²) in [7, 11) is 1.69. The second kappa shape index (κ2) is 7.33. The number of benzene rings is 1. The normalized spacial score (nSPS) is 10.1. The van der Waals surface area contributed by atoms with Gasteiger partial charge >= 0.3 is 0 Å². The van der Waals surface area contributed by atoms with E-state index in [1.807, 2.05) is 25.1 Å². The Morgan fingerprint density at radius 2 is 2.05 bits per heavy atom. The summed E-state index contributed by atoms with van der Waals surface area (Å²) in [6.07, 6.45) is 2.36. The number of nitrogens with zero attached hydrogens (tertiary/aromatic N) is 2. The van der Waals surface area contributed by atoms with Crippen LogP contribution in [0.1, 0.15) is 12.5 Å². The van der Waals surface area contributed by atoms with Crippen molar-refractivity contribution < 1.29 is 9.47 Å². The lowest BCUT2D eigenvalue weighted by molar-refractivity contribution is 0.326. The highest BCUT2D eigenvalue weighted by Crippen LogP contribution is 2.18. The third-order valence-corrected chi connectivity index (χ3v) is 2.83. The monoisotopic (exact) mass is 273 g/mol. The smallest absolute Gasteiger partial charge is 0.218 e. The van der Waals surface area contributed by atoms with Gasteiger partial charge in [0.25, 0.3) is 0 Å². The van der Waals surface area contributed by atoms with E-state index in [4.69, 9.17) is 9.47 Å². The van der Waals surface area contributed by atoms with E-state index in [0.717, 1.165) is 24.5 Å². The molecule has 0 fully saturated rings. The Morgan fingerprint density at radius 1 is 1.20 bits per heavy atom. The van der Waals surface area contributed by atoms with E-state index in [1.54, 1.807) is 13.2 Å². The lowest BCUT2D eigenvalue weighted by Gasteiger charge is -2.09. The molecule has 0 aliphatic carbocycles. The van der Waals surface area contributed by atoms with Gasteiger partial charge in [0, 0.05) is 12.6 Å². The van der Waals surface area contributed by atoms with Gasteiger partial charge in [0.1, 0.15) is 17.9 Å². The summed E-state index contributed by atoms with van der Waals surface area (Å²) in [5, 5.41) is 3.26. The van der Waals surface area contributed by atoms with Gasteiger partial charge in [0.15, 0.2) is 0 Å². The number of hydrogen-bond acceptors (Lipinski definition) is 5. The van der Waals surface area contributed by atoms with Crippen molar-refractivity contribution in [3.8, 4) is 11.6 Å². The molecule has 0 bridgehead atoms. The molecule has 0 unspecified atom stereocenters. The Morgan fingerprint density at radius 3 is 2.85 bits per heavy atom. The summed E-state index contributed by atoms with van der Waals surface area (Å²) in [6.45, 7) is 3.29. The minimum atomic E-state index is 0.585. The number of para-hydroxylation sites is 1. The van der Waals surface area contributed by atoms with Crippen molar-refractivity contribution in [3.63, 3.8) is 0 Å². The molecular formula is C15H19N3O2. The maximum absolute atomic E-state index is 5.34. The molecule has 0 saturated carbocycles. The number of nitrogens with one attached hydrogen (secondary N) is 1. The average Bonchev–Trinajstić information content (AvgIpc) is 2.48. The fraction of sp³-hybridized carbons (Fsp3) is 0.333. The predicted octanol–water partition coefficient (Wildman–Crippen LogP) is 2.54. The molecule has 0 aliphatic heterocycles. The van der Waals surface area contributed by atoms with Crippen molar-refractivity contribution >= 4 is 5.82 Å². The first-order valence-corrected chi connectivity index (χ1v) is 6.64. The summed E-state index contributed by atoms with van der Waals surface area (Å²) in [4.78, 5) is 8.19. The number of ether oxygens (including phenoxy) is 2. The molecule has 1 N–H and O–H groups in total. The molecule has 1 aromatic heterocycles. The highest BCUT2D eigenvalue weighted by atomic mass is 16.5. The molecule has 2 aromatic rings. The van der Waals surface area contributed by atoms with Crippen LogP contribution in [0.5, 0.6) is 11.6 Å². The largest absolute Gasteiger partial charge is 0.496 e. The highest BCUT2D eigenvalue weighted by molar-refractivity contribution is 5.38. The van der Waals surface area contributed by atoms with Crippen molar-refractivity contribution in [1.82, 2.24) is 9.97 Å². The third kappa shape index (κ3) is 3.85. The zero-order valence-corrected chi connectivity index (χ0v) is 11.8. The minimum Gasteiger partial charge on any atom is -0.496 e. The molecule has 0 radical (unpaired) electrons. The Hall–Kier alpha value is -2.30. The Kier molecular flexibility index (Phi) is 5.17. The number of rotatable bonds is 7. The molecule has 1 aromatic carbocycles. The first-order chi connectivity index (χ1) is 9.83. The quantitative estimate of drug-likeness (QED) is 0.840. The molecule has 20 heavy (non-hydrogen) atoms. The topological polar surface area (TPSA) is 56.3 Å². The van der Waals surface area contributed by atoms with Crippen LogP contribution in [-0.4, -0.2) is 30.2 Å². The van der Waals surface area contributed by atoms with Gasteiger partial charge in [0.05, 0.1) is 13.7 Å². The van der Waals surface area contributed by atoms with Gasteiger partial charge in [-0.2, -0.15) is 0 Å². The van der Waals surface area contributed by atoms with Gasteiger partial charge in [-0.15, -0.1) is 0 Å². The van der Waals surface area contributed by atoms with E-state index in [-0.39, 0.29) is 0 Å². The number of anilines is 1. The van der Waals surface area contributed by atoms with Crippen LogP contribution in [-0.2, 0) is 6.42 Å². The van der Waals surface area contributed by atoms with Gasteiger partial charge in [-0.3, -0.25) is 0 Å². The minimum absolute atomic E-state index is 0.585. The number of hydrogen-bond donors (Lipinski definition) is 1. The molecule has 5 heteroatoms. The van der Waals surface area contributed by atoms with E-state index in [1.165, 1.54) is 11.9 Å². The molecule has 0 aliphatic rings. The van der Waals surface area contributed by atoms with Crippen LogP contribution in [0.4, 0.5) is 5.82 Å². The second-order valence-electron chi connectivity index (χ2n) is 4.16. The van der Waals surface area contributed by atoms with Gasteiger partial charge in [-0.05, 0) is 25.0 Å². The Labute approximate surface area is 119 Å². The average molecular weight is 273 g/mol. The fourth-order valence-corrected chi connectivity index (χ4v) is 1.90. The molecule has 0 atom stereocenters. The fourth-order valence-electron chi connectivity index (χ4n) is 1.90. The maximum atomic E-state index is 5.34. The van der Waals surface area contributed by atoms with Crippen LogP contribution >= 0.6 is 0 Å². The Bertz CT molecular complexity index is 546. The molecule has 5 nitrogen and oxygen atoms in total. The SMILES string of the molecule is CCOc1cc(NCCc2ccccc2OC)ncn1. The van der Waals surface area contributed by atoms with Gasteiger partial charge in [-0.1, -0.05) is 18.2 Å². The second-order valence-corrected chi connectivity index (χ2v) is 4.16. The molecule has 1 heterocycles. The molecular weight excluding hydrogens is 254 g/mol. The van der Waals surface area contributed by atoms with E-state index >= 15 is 0 Å². The number of aromatic nitrogens is 2. The van der Waals surface area contributed by atoms with Crippen LogP contribution in [0.25, 0.3) is 0 Å². The van der Waals surface area contributed by atoms with E-state index < -0.39 is 0 Å². The standard InChI is InChI=1S/C15H19N3O2/c1-3-20-15-10-14(17-11-18-15)16-9-8-12-6-4-5-7-13(12)19-2/h4-7,10-11H,3,8-9H2,1-2H3,(H,16,17,18). The first-order valence-electron chi connectivity index (χ1n) is 6.64. The van der Waals surface area contributed by atoms with Crippen molar-refractivity contribution in [1.29, 1.82) is 0 Å². The molecule has 0 saturated heterocycles. The summed E-state index contributed by atoms with van der Waals surface area (Å²) >= 11 is 0. The van der Waals surface area contributed by atoms with Crippen molar-refractivity contribution in [2.45, 2.75) is 13.3 Å². The summed E-state index contributed by atoms with van der Waals surface area (Å²) in [5.74, 6) is 2.26. The molecule has 2 rings (SSSR count). The van der Waals surface area contributed by atoms with Crippen LogP contribution < -0.4 is 14.8 Å². The summed E-state index contributed by atoms with van der Waals surface area (Å²) in [6, 6.07) is 9.80. The lowest BCUT2D eigenvalue weighted by atomic mass is 10.1. The zero-order valence-electron chi connectivity index (χ0n) is 11.8. The van der Waals surface area contributed by atoms with Gasteiger partial charge in [0.2, 0.25) is 5.88 Å². The van der Waals surface area contributed by atoms with Crippen LogP contribution in [0.3, 0.4) is 0 Å². The van der Waals surface area contributed by atoms with Crippen molar-refractivity contribution in [2.75, 3.05) is 25.6 Å². The maximum Gasteiger partial charge on any atom is 0.218 e. The Balaban J connectivity index is 1.91. The molecule has 0 amide bonds. The molecule has 106 valence electrons. The lowest BCUT2D eigenvalue weighted by Crippen LogP contribution is -2.07. The van der Waals surface area contributed by atoms with Crippen LogP contribution in [0.2, 0.25) is 0 Å². The first kappa shape index (κ1) is 14.1. The summed E-state index contributed by atoms with van der Waals surface area (Å²) < 4.78 is 10.7. The number of methoxy groups -OCH3 is 1. The van der Waals surface area contributed by atoms with Crippen molar-refractivity contribution in [2.24, 2.45) is 0 Å². The van der Waals surface area contributed by atoms with Crippen molar-refractivity contribution in [3.05, 3.63) is 42.2 Å². The molecule has 0 spiro atoms. The van der Waals surface area contributed by atoms with E-state index in [9.17, 15) is 0 Å². The third-order valence-electron chi connectivity index (χ3n) is 2.83. The van der Waals surface area contributed by atoms with Crippen LogP contribution in [0, 0.1) is 0 Å². The zero-order chi connectivity index (χ0) is 14.2. The van der Waals surface area contributed by atoms with E-state index in [2.05, 4.69) is 21.4 Å². The van der Waals surface area contributed by atoms with Gasteiger partial charge < -0.3 is 14.8 Å². The predicted molar refractivity (Wildman–Crippen MR) is 78.4 cm³/mol. The highest BCUT2D eigenvalue weighted by Gasteiger charge is 2.02.